The Morgan fingerprint density at radius 2 is 1.62 bits per heavy atom. The van der Waals surface area contributed by atoms with Crippen molar-refractivity contribution < 1.29 is 9.31 Å². The highest BCUT2D eigenvalue weighted by Crippen LogP contribution is 2.38. The van der Waals surface area contributed by atoms with Gasteiger partial charge in [0.15, 0.2) is 0 Å². The van der Waals surface area contributed by atoms with E-state index in [1.807, 2.05) is 17.1 Å². The van der Waals surface area contributed by atoms with Crippen molar-refractivity contribution in [2.75, 3.05) is 0 Å². The van der Waals surface area contributed by atoms with Crippen LogP contribution in [0.4, 0.5) is 0 Å². The molecule has 0 aliphatic carbocycles. The molecule has 2 aliphatic rings. The Labute approximate surface area is 127 Å². The fourth-order valence-electron chi connectivity index (χ4n) is 2.49. The summed E-state index contributed by atoms with van der Waals surface area (Å²) < 4.78 is 12.2. The molecule has 4 heteroatoms. The first-order valence-corrected chi connectivity index (χ1v) is 7.45. The van der Waals surface area contributed by atoms with Gasteiger partial charge in [-0.05, 0) is 57.7 Å². The lowest BCUT2D eigenvalue weighted by Crippen LogP contribution is -2.41. The predicted octanol–water partition coefficient (Wildman–Crippen LogP) is 3.84. The van der Waals surface area contributed by atoms with Crippen molar-refractivity contribution in [3.63, 3.8) is 0 Å². The van der Waals surface area contributed by atoms with E-state index in [4.69, 9.17) is 9.31 Å². The van der Waals surface area contributed by atoms with E-state index in [2.05, 4.69) is 64.2 Å². The first-order chi connectivity index (χ1) is 9.89. The SMILES string of the molecule is CC1(C)OB(N2C=CCC(c3ccccc3)=C2)OC1(C)C. The average molecular weight is 283 g/mol. The number of nitrogens with zero attached hydrogens (tertiary/aromatic N) is 1. The van der Waals surface area contributed by atoms with Gasteiger partial charge in [0.05, 0.1) is 11.2 Å². The minimum atomic E-state index is -0.370. The maximum atomic E-state index is 6.10. The van der Waals surface area contributed by atoms with Gasteiger partial charge in [0.2, 0.25) is 0 Å². The standard InChI is InChI=1S/C17H22BNO2/c1-16(2)17(3,4)21-18(20-16)19-12-8-11-15(13-19)14-9-6-5-7-10-14/h5-10,12-13H,11H2,1-4H3. The van der Waals surface area contributed by atoms with Gasteiger partial charge in [-0.1, -0.05) is 36.4 Å². The first kappa shape index (κ1) is 14.4. The number of allylic oxidation sites excluding steroid dienone is 2. The maximum Gasteiger partial charge on any atom is 0.598 e. The Kier molecular flexibility index (Phi) is 3.46. The second-order valence-electron chi connectivity index (χ2n) is 6.62. The normalized spacial score (nSPS) is 23.3. The summed E-state index contributed by atoms with van der Waals surface area (Å²) in [7, 11) is -0.370. The Bertz CT molecular complexity index is 562. The van der Waals surface area contributed by atoms with Crippen LogP contribution >= 0.6 is 0 Å². The van der Waals surface area contributed by atoms with Gasteiger partial charge >= 0.3 is 7.25 Å². The smallest absolute Gasteiger partial charge is 0.384 e. The molecule has 1 saturated heterocycles. The predicted molar refractivity (Wildman–Crippen MR) is 86.1 cm³/mol. The Balaban J connectivity index is 1.83. The van der Waals surface area contributed by atoms with Crippen LogP contribution in [0, 0.1) is 0 Å². The van der Waals surface area contributed by atoms with E-state index in [0.717, 1.165) is 6.42 Å². The molecule has 0 atom stereocenters. The quantitative estimate of drug-likeness (QED) is 0.770. The van der Waals surface area contributed by atoms with Crippen LogP contribution in [-0.4, -0.2) is 23.3 Å². The van der Waals surface area contributed by atoms with Gasteiger partial charge in [-0.2, -0.15) is 0 Å². The summed E-state index contributed by atoms with van der Waals surface area (Å²) in [6.07, 6.45) is 7.24. The average Bonchev–Trinajstić information content (AvgIpc) is 2.69. The van der Waals surface area contributed by atoms with Crippen molar-refractivity contribution in [2.24, 2.45) is 0 Å². The zero-order valence-electron chi connectivity index (χ0n) is 13.2. The Morgan fingerprint density at radius 3 is 2.24 bits per heavy atom. The van der Waals surface area contributed by atoms with E-state index in [-0.39, 0.29) is 18.5 Å². The molecule has 1 aromatic rings. The van der Waals surface area contributed by atoms with E-state index in [0.29, 0.717) is 0 Å². The van der Waals surface area contributed by atoms with Crippen LogP contribution in [0.15, 0.2) is 48.8 Å². The van der Waals surface area contributed by atoms with Gasteiger partial charge < -0.3 is 14.1 Å². The van der Waals surface area contributed by atoms with Gasteiger partial charge in [-0.25, -0.2) is 0 Å². The second-order valence-corrected chi connectivity index (χ2v) is 6.62. The molecule has 0 N–H and O–H groups in total. The summed E-state index contributed by atoms with van der Waals surface area (Å²) in [6, 6.07) is 10.4. The molecule has 110 valence electrons. The molecule has 0 saturated carbocycles. The second kappa shape index (κ2) is 5.04. The van der Waals surface area contributed by atoms with E-state index in [1.165, 1.54) is 11.1 Å². The lowest BCUT2D eigenvalue weighted by Gasteiger charge is -2.32. The van der Waals surface area contributed by atoms with Crippen LogP contribution in [0.5, 0.6) is 0 Å². The monoisotopic (exact) mass is 283 g/mol. The van der Waals surface area contributed by atoms with Crippen LogP contribution in [0.1, 0.15) is 39.7 Å². The Hall–Kier alpha value is -1.52. The number of hydrogen-bond acceptors (Lipinski definition) is 3. The van der Waals surface area contributed by atoms with E-state index in [1.54, 1.807) is 0 Å². The summed E-state index contributed by atoms with van der Waals surface area (Å²) in [5.41, 5.74) is 1.88. The third-order valence-corrected chi connectivity index (χ3v) is 4.55. The molecule has 2 aliphatic heterocycles. The van der Waals surface area contributed by atoms with Gasteiger partial charge in [0, 0.05) is 0 Å². The molecular weight excluding hydrogens is 261 g/mol. The largest absolute Gasteiger partial charge is 0.598 e. The Morgan fingerprint density at radius 1 is 1.00 bits per heavy atom. The molecule has 3 rings (SSSR count). The van der Waals surface area contributed by atoms with Crippen molar-refractivity contribution in [1.82, 2.24) is 4.81 Å². The zero-order valence-corrected chi connectivity index (χ0v) is 13.2. The van der Waals surface area contributed by atoms with Crippen molar-refractivity contribution in [3.05, 3.63) is 54.4 Å². The number of rotatable bonds is 2. The molecule has 3 nitrogen and oxygen atoms in total. The van der Waals surface area contributed by atoms with E-state index < -0.39 is 0 Å². The van der Waals surface area contributed by atoms with Gasteiger partial charge in [-0.15, -0.1) is 0 Å². The van der Waals surface area contributed by atoms with Crippen LogP contribution in [-0.2, 0) is 9.31 Å². The zero-order chi connectivity index (χ0) is 15.1. The summed E-state index contributed by atoms with van der Waals surface area (Å²) in [5.74, 6) is 0. The van der Waals surface area contributed by atoms with Gasteiger partial charge in [0.1, 0.15) is 0 Å². The van der Waals surface area contributed by atoms with Crippen LogP contribution < -0.4 is 0 Å². The highest BCUT2D eigenvalue weighted by molar-refractivity contribution is 6.43. The molecule has 0 bridgehead atoms. The minimum Gasteiger partial charge on any atom is -0.384 e. The van der Waals surface area contributed by atoms with Crippen LogP contribution in [0.2, 0.25) is 0 Å². The summed E-state index contributed by atoms with van der Waals surface area (Å²) in [6.45, 7) is 8.29. The maximum absolute atomic E-state index is 6.10. The molecule has 0 spiro atoms. The van der Waals surface area contributed by atoms with Crippen molar-refractivity contribution in [2.45, 2.75) is 45.3 Å². The molecule has 0 aromatic heterocycles. The van der Waals surface area contributed by atoms with E-state index in [9.17, 15) is 0 Å². The lowest BCUT2D eigenvalue weighted by molar-refractivity contribution is 0.00578. The van der Waals surface area contributed by atoms with Gasteiger partial charge in [0.25, 0.3) is 0 Å². The summed E-state index contributed by atoms with van der Waals surface area (Å²) in [4.78, 5) is 2.02. The number of hydrogen-bond donors (Lipinski definition) is 0. The highest BCUT2D eigenvalue weighted by Gasteiger charge is 2.53. The van der Waals surface area contributed by atoms with Gasteiger partial charge in [-0.3, -0.25) is 0 Å². The van der Waals surface area contributed by atoms with Crippen molar-refractivity contribution in [3.8, 4) is 0 Å². The molecule has 0 radical (unpaired) electrons. The summed E-state index contributed by atoms with van der Waals surface area (Å²) in [5, 5.41) is 0. The molecule has 0 unspecified atom stereocenters. The molecular formula is C17H22BNO2. The molecule has 0 amide bonds. The fraction of sp³-hybridized carbons (Fsp3) is 0.412. The van der Waals surface area contributed by atoms with Crippen molar-refractivity contribution >= 4 is 12.8 Å². The lowest BCUT2D eigenvalue weighted by atomic mass is 9.90. The number of benzene rings is 1. The third kappa shape index (κ3) is 2.66. The highest BCUT2D eigenvalue weighted by atomic mass is 16.7. The first-order valence-electron chi connectivity index (χ1n) is 7.45. The van der Waals surface area contributed by atoms with E-state index >= 15 is 0 Å². The minimum absolute atomic E-state index is 0.316. The topological polar surface area (TPSA) is 21.7 Å². The molecule has 1 aromatic carbocycles. The van der Waals surface area contributed by atoms with Crippen LogP contribution in [0.3, 0.4) is 0 Å². The third-order valence-electron chi connectivity index (χ3n) is 4.55. The molecule has 1 fully saturated rings. The fourth-order valence-corrected chi connectivity index (χ4v) is 2.49. The molecule has 2 heterocycles. The van der Waals surface area contributed by atoms with Crippen LogP contribution in [0.25, 0.3) is 5.57 Å². The summed E-state index contributed by atoms with van der Waals surface area (Å²) >= 11 is 0. The molecule has 21 heavy (non-hydrogen) atoms. The van der Waals surface area contributed by atoms with Crippen molar-refractivity contribution in [1.29, 1.82) is 0 Å².